The molecule has 1 fully saturated rings. The Morgan fingerprint density at radius 1 is 1.09 bits per heavy atom. The first-order valence-electron chi connectivity index (χ1n) is 12.1. The summed E-state index contributed by atoms with van der Waals surface area (Å²) in [4.78, 5) is 24.7. The third-order valence-electron chi connectivity index (χ3n) is 7.19. The second-order valence-corrected chi connectivity index (χ2v) is 9.43. The van der Waals surface area contributed by atoms with Gasteiger partial charge in [-0.25, -0.2) is 0 Å². The molecule has 4 rings (SSSR count). The fraction of sp³-hybridized carbons (Fsp3) is 0.444. The van der Waals surface area contributed by atoms with E-state index in [1.807, 2.05) is 30.5 Å². The summed E-state index contributed by atoms with van der Waals surface area (Å²) in [7, 11) is 0. The lowest BCUT2D eigenvalue weighted by Crippen LogP contribution is -2.49. The van der Waals surface area contributed by atoms with Crippen molar-refractivity contribution >= 4 is 18.0 Å². The zero-order valence-corrected chi connectivity index (χ0v) is 19.4. The van der Waals surface area contributed by atoms with Gasteiger partial charge < -0.3 is 15.9 Å². The molecule has 1 saturated heterocycles. The van der Waals surface area contributed by atoms with Crippen LogP contribution in [0.3, 0.4) is 0 Å². The standard InChI is InChI=1S/C27H33N3O4/c28-27(12-15-31)23(17-25(32)33)11-10-20-8-9-22(16-24(20)27)26(34)21-6-4-19(5-7-21)18-29-30-13-2-1-3-14-30/h4-9,16,18,23,31H,1-3,10-15,17,28H2,(H,32,33). The number of hydrazone groups is 1. The van der Waals surface area contributed by atoms with Gasteiger partial charge in [-0.2, -0.15) is 5.10 Å². The number of hydrogen-bond donors (Lipinski definition) is 3. The highest BCUT2D eigenvalue weighted by atomic mass is 16.4. The Hall–Kier alpha value is -3.03. The maximum atomic E-state index is 13.3. The van der Waals surface area contributed by atoms with Gasteiger partial charge in [-0.1, -0.05) is 36.4 Å². The number of carboxylic acids is 1. The third kappa shape index (κ3) is 5.21. The summed E-state index contributed by atoms with van der Waals surface area (Å²) in [6.07, 6.45) is 6.97. The first kappa shape index (κ1) is 24.1. The average Bonchev–Trinajstić information content (AvgIpc) is 2.85. The van der Waals surface area contributed by atoms with E-state index in [1.165, 1.54) is 19.3 Å². The summed E-state index contributed by atoms with van der Waals surface area (Å²) < 4.78 is 0. The topological polar surface area (TPSA) is 116 Å². The van der Waals surface area contributed by atoms with Crippen molar-refractivity contribution in [2.45, 2.75) is 50.5 Å². The molecule has 7 nitrogen and oxygen atoms in total. The zero-order chi connectivity index (χ0) is 24.1. The van der Waals surface area contributed by atoms with Crippen molar-refractivity contribution in [1.82, 2.24) is 5.01 Å². The van der Waals surface area contributed by atoms with Gasteiger partial charge >= 0.3 is 5.97 Å². The molecule has 4 N–H and O–H groups in total. The number of aliphatic hydroxyl groups excluding tert-OH is 1. The van der Waals surface area contributed by atoms with Crippen molar-refractivity contribution in [3.05, 3.63) is 70.3 Å². The van der Waals surface area contributed by atoms with E-state index in [-0.39, 0.29) is 31.1 Å². The molecule has 1 aliphatic heterocycles. The number of aliphatic hydroxyl groups is 1. The van der Waals surface area contributed by atoms with Gasteiger partial charge in [-0.3, -0.25) is 14.6 Å². The SMILES string of the molecule is NC1(CCO)c2cc(C(=O)c3ccc(C=NN4CCCCC4)cc3)ccc2CCC1CC(=O)O. The number of benzene rings is 2. The fourth-order valence-corrected chi connectivity index (χ4v) is 5.22. The Bertz CT molecular complexity index is 1060. The number of carbonyl (C=O) groups is 2. The van der Waals surface area contributed by atoms with Crippen LogP contribution in [-0.2, 0) is 16.8 Å². The molecule has 0 saturated carbocycles. The molecule has 1 heterocycles. The van der Waals surface area contributed by atoms with Gasteiger partial charge in [0.2, 0.25) is 0 Å². The summed E-state index contributed by atoms with van der Waals surface area (Å²) >= 11 is 0. The van der Waals surface area contributed by atoms with Crippen LogP contribution >= 0.6 is 0 Å². The molecule has 2 aromatic rings. The molecule has 0 aromatic heterocycles. The van der Waals surface area contributed by atoms with E-state index >= 15 is 0 Å². The van der Waals surface area contributed by atoms with Crippen LogP contribution in [0.5, 0.6) is 0 Å². The Labute approximate surface area is 200 Å². The molecular formula is C27H33N3O4. The number of carbonyl (C=O) groups excluding carboxylic acids is 1. The van der Waals surface area contributed by atoms with Crippen molar-refractivity contribution in [3.8, 4) is 0 Å². The summed E-state index contributed by atoms with van der Waals surface area (Å²) in [5.74, 6) is -1.32. The van der Waals surface area contributed by atoms with E-state index in [0.717, 1.165) is 29.8 Å². The number of rotatable bonds is 8. The molecule has 0 bridgehead atoms. The summed E-state index contributed by atoms with van der Waals surface area (Å²) in [6.45, 7) is 1.82. The van der Waals surface area contributed by atoms with Crippen LogP contribution in [-0.4, -0.2) is 52.9 Å². The Balaban J connectivity index is 1.55. The van der Waals surface area contributed by atoms with Gasteiger partial charge in [0.05, 0.1) is 12.6 Å². The maximum absolute atomic E-state index is 13.3. The summed E-state index contributed by atoms with van der Waals surface area (Å²) in [5, 5.41) is 25.6. The van der Waals surface area contributed by atoms with Crippen molar-refractivity contribution in [1.29, 1.82) is 0 Å². The van der Waals surface area contributed by atoms with Crippen LogP contribution < -0.4 is 5.73 Å². The number of aliphatic carboxylic acids is 1. The van der Waals surface area contributed by atoms with E-state index in [1.54, 1.807) is 18.2 Å². The van der Waals surface area contributed by atoms with Crippen LogP contribution in [0.4, 0.5) is 0 Å². The van der Waals surface area contributed by atoms with E-state index in [0.29, 0.717) is 24.0 Å². The monoisotopic (exact) mass is 463 g/mol. The Morgan fingerprint density at radius 3 is 2.47 bits per heavy atom. The van der Waals surface area contributed by atoms with Crippen LogP contribution in [0.2, 0.25) is 0 Å². The van der Waals surface area contributed by atoms with Crippen molar-refractivity contribution < 1.29 is 19.8 Å². The summed E-state index contributed by atoms with van der Waals surface area (Å²) in [5.41, 5.74) is 9.56. The quantitative estimate of drug-likeness (QED) is 0.409. The first-order valence-corrected chi connectivity index (χ1v) is 12.1. The Kier molecular flexibility index (Phi) is 7.44. The molecule has 0 amide bonds. The highest BCUT2D eigenvalue weighted by Gasteiger charge is 2.42. The number of aryl methyl sites for hydroxylation is 1. The molecule has 0 radical (unpaired) electrons. The van der Waals surface area contributed by atoms with Crippen LogP contribution in [0, 0.1) is 5.92 Å². The molecule has 2 aliphatic rings. The highest BCUT2D eigenvalue weighted by Crippen LogP contribution is 2.42. The molecule has 1 aliphatic carbocycles. The number of hydrogen-bond acceptors (Lipinski definition) is 6. The minimum Gasteiger partial charge on any atom is -0.481 e. The smallest absolute Gasteiger partial charge is 0.303 e. The van der Waals surface area contributed by atoms with Gasteiger partial charge in [-0.05, 0) is 67.2 Å². The van der Waals surface area contributed by atoms with E-state index in [9.17, 15) is 19.8 Å². The predicted molar refractivity (Wildman–Crippen MR) is 131 cm³/mol. The predicted octanol–water partition coefficient (Wildman–Crippen LogP) is 3.31. The molecule has 2 aromatic carbocycles. The normalized spacial score (nSPS) is 22.5. The number of carboxylic acid groups (broad SMARTS) is 1. The number of fused-ring (bicyclic) bond motifs is 1. The van der Waals surface area contributed by atoms with Gasteiger partial charge in [0.15, 0.2) is 5.78 Å². The van der Waals surface area contributed by atoms with Crippen LogP contribution in [0.15, 0.2) is 47.6 Å². The zero-order valence-electron chi connectivity index (χ0n) is 19.4. The lowest BCUT2D eigenvalue weighted by molar-refractivity contribution is -0.139. The second kappa shape index (κ2) is 10.5. The van der Waals surface area contributed by atoms with Gasteiger partial charge in [0.1, 0.15) is 0 Å². The van der Waals surface area contributed by atoms with Crippen LogP contribution in [0.25, 0.3) is 0 Å². The molecular weight excluding hydrogens is 430 g/mol. The molecule has 180 valence electrons. The van der Waals surface area contributed by atoms with Crippen molar-refractivity contribution in [2.75, 3.05) is 19.7 Å². The van der Waals surface area contributed by atoms with E-state index < -0.39 is 11.5 Å². The molecule has 34 heavy (non-hydrogen) atoms. The highest BCUT2D eigenvalue weighted by molar-refractivity contribution is 6.09. The largest absolute Gasteiger partial charge is 0.481 e. The van der Waals surface area contributed by atoms with E-state index in [2.05, 4.69) is 10.1 Å². The average molecular weight is 464 g/mol. The summed E-state index contributed by atoms with van der Waals surface area (Å²) in [6, 6.07) is 12.9. The molecule has 7 heteroatoms. The third-order valence-corrected chi connectivity index (χ3v) is 7.19. The lowest BCUT2D eigenvalue weighted by Gasteiger charge is -2.42. The maximum Gasteiger partial charge on any atom is 0.303 e. The van der Waals surface area contributed by atoms with Crippen molar-refractivity contribution in [2.24, 2.45) is 16.8 Å². The van der Waals surface area contributed by atoms with E-state index in [4.69, 9.17) is 5.73 Å². The Morgan fingerprint density at radius 2 is 1.79 bits per heavy atom. The number of nitrogens with two attached hydrogens (primary N) is 1. The van der Waals surface area contributed by atoms with Gasteiger partial charge in [-0.15, -0.1) is 0 Å². The molecule has 0 spiro atoms. The van der Waals surface area contributed by atoms with Gasteiger partial charge in [0, 0.05) is 36.4 Å². The lowest BCUT2D eigenvalue weighted by atomic mass is 9.66. The molecule has 2 atom stereocenters. The van der Waals surface area contributed by atoms with Crippen LogP contribution in [0.1, 0.15) is 71.1 Å². The molecule has 2 unspecified atom stereocenters. The minimum absolute atomic E-state index is 0.0610. The first-order chi connectivity index (χ1) is 16.4. The van der Waals surface area contributed by atoms with Gasteiger partial charge in [0.25, 0.3) is 0 Å². The number of ketones is 1. The minimum atomic E-state index is -0.980. The number of piperidine rings is 1. The fourth-order valence-electron chi connectivity index (χ4n) is 5.22. The number of nitrogens with zero attached hydrogens (tertiary/aromatic N) is 2. The van der Waals surface area contributed by atoms with Crippen molar-refractivity contribution in [3.63, 3.8) is 0 Å². The second-order valence-electron chi connectivity index (χ2n) is 9.43.